The molecule has 0 aliphatic heterocycles. The fraction of sp³-hybridized carbons (Fsp3) is 0.500. The molecule has 0 saturated carbocycles. The summed E-state index contributed by atoms with van der Waals surface area (Å²) in [6.07, 6.45) is 0.476. The topological polar surface area (TPSA) is 88.0 Å². The Hall–Kier alpha value is -2.07. The fourth-order valence-electron chi connectivity index (χ4n) is 1.62. The van der Waals surface area contributed by atoms with Crippen molar-refractivity contribution in [2.45, 2.75) is 26.8 Å². The summed E-state index contributed by atoms with van der Waals surface area (Å²) in [5.41, 5.74) is 9.09. The summed E-state index contributed by atoms with van der Waals surface area (Å²) in [6.45, 7) is 3.82. The third-order valence-corrected chi connectivity index (χ3v) is 2.52. The minimum Gasteiger partial charge on any atom is -0.469 e. The zero-order chi connectivity index (χ0) is 13.6. The molecular weight excluding hydrogens is 232 g/mol. The van der Waals surface area contributed by atoms with E-state index in [0.29, 0.717) is 12.1 Å². The molecule has 0 aliphatic carbocycles. The van der Waals surface area contributed by atoms with E-state index in [-0.39, 0.29) is 12.5 Å². The molecule has 6 nitrogen and oxygen atoms in total. The second kappa shape index (κ2) is 6.02. The lowest BCUT2D eigenvalue weighted by Gasteiger charge is -2.20. The summed E-state index contributed by atoms with van der Waals surface area (Å²) < 4.78 is 4.75. The molecule has 0 unspecified atom stereocenters. The molecule has 0 amide bonds. The van der Waals surface area contributed by atoms with Gasteiger partial charge in [-0.1, -0.05) is 11.2 Å². The lowest BCUT2D eigenvalue weighted by molar-refractivity contribution is -0.150. The zero-order valence-corrected chi connectivity index (χ0v) is 10.8. The summed E-state index contributed by atoms with van der Waals surface area (Å²) in [5.74, 6) is -0.273. The fourth-order valence-corrected chi connectivity index (χ4v) is 1.62. The summed E-state index contributed by atoms with van der Waals surface area (Å²) in [6, 6.07) is 5.45. The number of hydrogen-bond acceptors (Lipinski definition) is 4. The molecule has 0 aromatic carbocycles. The normalized spacial score (nSPS) is 10.6. The Kier molecular flexibility index (Phi) is 4.68. The zero-order valence-electron chi connectivity index (χ0n) is 10.8. The van der Waals surface area contributed by atoms with E-state index in [4.69, 9.17) is 10.3 Å². The highest BCUT2D eigenvalue weighted by Crippen LogP contribution is 2.22. The number of hydrogen-bond donors (Lipinski definition) is 0. The smallest absolute Gasteiger partial charge is 0.311 e. The molecule has 0 aliphatic rings. The third-order valence-electron chi connectivity index (χ3n) is 2.52. The van der Waals surface area contributed by atoms with Gasteiger partial charge < -0.3 is 4.74 Å². The minimum atomic E-state index is -0.626. The van der Waals surface area contributed by atoms with Crippen molar-refractivity contribution in [1.82, 2.24) is 4.98 Å². The average Bonchev–Trinajstić information content (AvgIpc) is 2.35. The molecule has 1 aromatic heterocycles. The molecule has 18 heavy (non-hydrogen) atoms. The van der Waals surface area contributed by atoms with Gasteiger partial charge in [0.2, 0.25) is 0 Å². The van der Waals surface area contributed by atoms with Crippen LogP contribution in [0.25, 0.3) is 10.4 Å². The van der Waals surface area contributed by atoms with E-state index < -0.39 is 5.41 Å². The Morgan fingerprint density at radius 2 is 2.17 bits per heavy atom. The van der Waals surface area contributed by atoms with Gasteiger partial charge in [0.05, 0.1) is 19.1 Å². The maximum atomic E-state index is 11.6. The minimum absolute atomic E-state index is 0.211. The molecule has 6 heteroatoms. The van der Waals surface area contributed by atoms with Crippen LogP contribution in [0, 0.1) is 5.41 Å². The van der Waals surface area contributed by atoms with E-state index >= 15 is 0 Å². The van der Waals surface area contributed by atoms with Crippen LogP contribution in [0.1, 0.15) is 25.2 Å². The molecule has 0 N–H and O–H groups in total. The van der Waals surface area contributed by atoms with Gasteiger partial charge in [-0.05, 0) is 31.5 Å². The highest BCUT2D eigenvalue weighted by Gasteiger charge is 2.29. The Morgan fingerprint density at radius 1 is 1.50 bits per heavy atom. The van der Waals surface area contributed by atoms with Gasteiger partial charge in [0, 0.05) is 22.7 Å². The van der Waals surface area contributed by atoms with Gasteiger partial charge in [-0.3, -0.25) is 9.78 Å². The van der Waals surface area contributed by atoms with E-state index in [1.807, 2.05) is 12.1 Å². The van der Waals surface area contributed by atoms with Crippen LogP contribution < -0.4 is 0 Å². The number of azide groups is 1. The van der Waals surface area contributed by atoms with Crippen LogP contribution >= 0.6 is 0 Å². The maximum absolute atomic E-state index is 11.6. The number of rotatable bonds is 5. The molecule has 1 aromatic rings. The summed E-state index contributed by atoms with van der Waals surface area (Å²) in [4.78, 5) is 18.6. The summed E-state index contributed by atoms with van der Waals surface area (Å²) >= 11 is 0. The second-order valence-electron chi connectivity index (χ2n) is 4.56. The highest BCUT2D eigenvalue weighted by molar-refractivity contribution is 5.76. The van der Waals surface area contributed by atoms with Gasteiger partial charge in [-0.15, -0.1) is 0 Å². The van der Waals surface area contributed by atoms with E-state index in [1.165, 1.54) is 7.11 Å². The van der Waals surface area contributed by atoms with Crippen molar-refractivity contribution in [2.24, 2.45) is 10.5 Å². The van der Waals surface area contributed by atoms with Crippen molar-refractivity contribution < 1.29 is 9.53 Å². The highest BCUT2D eigenvalue weighted by atomic mass is 16.5. The predicted octanol–water partition coefficient (Wildman–Crippen LogP) is 2.63. The molecule has 96 valence electrons. The molecule has 0 bridgehead atoms. The van der Waals surface area contributed by atoms with E-state index in [1.54, 1.807) is 19.9 Å². The number of methoxy groups -OCH3 is 1. The van der Waals surface area contributed by atoms with Crippen LogP contribution in [-0.4, -0.2) is 18.1 Å². The number of carbonyl (C=O) groups is 1. The van der Waals surface area contributed by atoms with Gasteiger partial charge in [0.25, 0.3) is 0 Å². The van der Waals surface area contributed by atoms with Crippen LogP contribution in [0.5, 0.6) is 0 Å². The SMILES string of the molecule is COC(=O)C(C)(C)Cc1cccc(CN=[N+]=[N-])n1. The predicted molar refractivity (Wildman–Crippen MR) is 66.6 cm³/mol. The van der Waals surface area contributed by atoms with Crippen LogP contribution in [0.4, 0.5) is 0 Å². The molecular formula is C12H16N4O2. The monoisotopic (exact) mass is 248 g/mol. The second-order valence-corrected chi connectivity index (χ2v) is 4.56. The van der Waals surface area contributed by atoms with E-state index in [0.717, 1.165) is 5.69 Å². The Morgan fingerprint density at radius 3 is 2.78 bits per heavy atom. The first kappa shape index (κ1) is 14.0. The number of esters is 1. The summed E-state index contributed by atoms with van der Waals surface area (Å²) in [5, 5.41) is 3.46. The summed E-state index contributed by atoms with van der Waals surface area (Å²) in [7, 11) is 1.37. The molecule has 1 rings (SSSR count). The number of aromatic nitrogens is 1. The maximum Gasteiger partial charge on any atom is 0.311 e. The Labute approximate surface area is 106 Å². The van der Waals surface area contributed by atoms with Crippen LogP contribution in [-0.2, 0) is 22.5 Å². The lowest BCUT2D eigenvalue weighted by Crippen LogP contribution is -2.28. The van der Waals surface area contributed by atoms with Crippen molar-refractivity contribution in [3.05, 3.63) is 40.0 Å². The number of nitrogens with zero attached hydrogens (tertiary/aromatic N) is 4. The van der Waals surface area contributed by atoms with Crippen LogP contribution in [0.3, 0.4) is 0 Å². The largest absolute Gasteiger partial charge is 0.469 e. The van der Waals surface area contributed by atoms with Crippen molar-refractivity contribution >= 4 is 5.97 Å². The standard InChI is InChI=1S/C12H16N4O2/c1-12(2,11(17)18-3)7-9-5-4-6-10(15-9)8-14-16-13/h4-6H,7-8H2,1-3H3. The van der Waals surface area contributed by atoms with Gasteiger partial charge >= 0.3 is 5.97 Å². The van der Waals surface area contributed by atoms with Gasteiger partial charge in [-0.25, -0.2) is 0 Å². The molecule has 1 heterocycles. The van der Waals surface area contributed by atoms with Gasteiger partial charge in [0.15, 0.2) is 0 Å². The van der Waals surface area contributed by atoms with Crippen LogP contribution in [0.15, 0.2) is 23.3 Å². The average molecular weight is 248 g/mol. The van der Waals surface area contributed by atoms with Crippen molar-refractivity contribution in [1.29, 1.82) is 0 Å². The number of pyridine rings is 1. The lowest BCUT2D eigenvalue weighted by atomic mass is 9.87. The van der Waals surface area contributed by atoms with Crippen molar-refractivity contribution in [3.8, 4) is 0 Å². The van der Waals surface area contributed by atoms with Gasteiger partial charge in [-0.2, -0.15) is 0 Å². The Bertz CT molecular complexity index is 479. The molecule has 0 saturated heterocycles. The first-order chi connectivity index (χ1) is 8.49. The number of carbonyl (C=O) groups excluding carboxylic acids is 1. The number of ether oxygens (including phenoxy) is 1. The van der Waals surface area contributed by atoms with E-state index in [9.17, 15) is 4.79 Å². The van der Waals surface area contributed by atoms with Crippen molar-refractivity contribution in [2.75, 3.05) is 7.11 Å². The Balaban J connectivity index is 2.84. The van der Waals surface area contributed by atoms with Crippen LogP contribution in [0.2, 0.25) is 0 Å². The molecule has 0 atom stereocenters. The molecule has 0 radical (unpaired) electrons. The van der Waals surface area contributed by atoms with E-state index in [2.05, 4.69) is 15.0 Å². The van der Waals surface area contributed by atoms with Crippen molar-refractivity contribution in [3.63, 3.8) is 0 Å². The first-order valence-corrected chi connectivity index (χ1v) is 5.53. The molecule has 0 spiro atoms. The quantitative estimate of drug-likeness (QED) is 0.347. The third kappa shape index (κ3) is 3.75. The molecule has 0 fully saturated rings. The van der Waals surface area contributed by atoms with Gasteiger partial charge in [0.1, 0.15) is 0 Å². The first-order valence-electron chi connectivity index (χ1n) is 5.53.